The number of aliphatic hydroxyl groups excluding tert-OH is 1. The van der Waals surface area contributed by atoms with Gasteiger partial charge in [-0.3, -0.25) is 0 Å². The molecule has 2 aromatic rings. The van der Waals surface area contributed by atoms with E-state index in [-0.39, 0.29) is 0 Å². The number of hydrogen-bond donors (Lipinski definition) is 1. The van der Waals surface area contributed by atoms with Gasteiger partial charge in [0.1, 0.15) is 6.73 Å². The molecular formula is C18H26N2O4Si. The second-order valence-electron chi connectivity index (χ2n) is 7.31. The fraction of sp³-hybridized carbons (Fsp3) is 0.444. The van der Waals surface area contributed by atoms with E-state index in [1.54, 1.807) is 4.68 Å². The third-order valence-electron chi connectivity index (χ3n) is 3.79. The summed E-state index contributed by atoms with van der Waals surface area (Å²) in [6, 6.07) is 4.85. The van der Waals surface area contributed by atoms with Crippen LogP contribution >= 0.6 is 0 Å². The average molecular weight is 363 g/mol. The van der Waals surface area contributed by atoms with Crippen molar-refractivity contribution in [2.45, 2.75) is 39.3 Å². The fourth-order valence-corrected chi connectivity index (χ4v) is 3.15. The summed E-state index contributed by atoms with van der Waals surface area (Å²) in [6.07, 6.45) is 3.30. The quantitative estimate of drug-likeness (QED) is 0.267. The van der Waals surface area contributed by atoms with Crippen molar-refractivity contribution in [3.05, 3.63) is 35.2 Å². The van der Waals surface area contributed by atoms with Gasteiger partial charge in [0.05, 0.1) is 12.6 Å². The van der Waals surface area contributed by atoms with Gasteiger partial charge in [0.2, 0.25) is 5.76 Å². The summed E-state index contributed by atoms with van der Waals surface area (Å²) in [5, 5.41) is 15.2. The van der Waals surface area contributed by atoms with Gasteiger partial charge in [0.25, 0.3) is 0 Å². The number of aliphatic hydroxyl groups is 1. The Hall–Kier alpha value is -2.12. The number of nitrogens with zero attached hydrogens (tertiary/aromatic N) is 2. The predicted octanol–water partition coefficient (Wildman–Crippen LogP) is 3.73. The molecule has 1 aromatic carbocycles. The SMILES string of the molecule is COC(=O)C(O)=Cc1cc(C)c2nn(COCC[Si](C)(C)C)cc2c1. The van der Waals surface area contributed by atoms with Crippen LogP contribution in [-0.2, 0) is 21.0 Å². The summed E-state index contributed by atoms with van der Waals surface area (Å²) in [7, 11) is 0.135. The molecule has 7 heteroatoms. The van der Waals surface area contributed by atoms with Crippen LogP contribution in [0.15, 0.2) is 24.1 Å². The van der Waals surface area contributed by atoms with E-state index in [0.29, 0.717) is 12.3 Å². The Bertz CT molecular complexity index is 790. The Morgan fingerprint density at radius 3 is 2.72 bits per heavy atom. The number of rotatable bonds is 7. The van der Waals surface area contributed by atoms with E-state index in [1.807, 2.05) is 25.3 Å². The highest BCUT2D eigenvalue weighted by atomic mass is 28.3. The molecule has 1 aromatic heterocycles. The zero-order chi connectivity index (χ0) is 18.6. The molecule has 1 heterocycles. The van der Waals surface area contributed by atoms with Crippen molar-refractivity contribution in [1.29, 1.82) is 0 Å². The van der Waals surface area contributed by atoms with E-state index < -0.39 is 19.8 Å². The van der Waals surface area contributed by atoms with Crippen molar-refractivity contribution in [2.24, 2.45) is 0 Å². The maximum Gasteiger partial charge on any atom is 0.373 e. The summed E-state index contributed by atoms with van der Waals surface area (Å²) >= 11 is 0. The molecule has 0 spiro atoms. The van der Waals surface area contributed by atoms with Crippen molar-refractivity contribution < 1.29 is 19.4 Å². The van der Waals surface area contributed by atoms with Crippen LogP contribution in [0.1, 0.15) is 11.1 Å². The van der Waals surface area contributed by atoms with Gasteiger partial charge in [-0.2, -0.15) is 5.10 Å². The third kappa shape index (κ3) is 5.44. The molecule has 0 saturated heterocycles. The highest BCUT2D eigenvalue weighted by Crippen LogP contribution is 2.21. The van der Waals surface area contributed by atoms with Crippen LogP contribution in [0.25, 0.3) is 17.0 Å². The molecule has 0 aliphatic carbocycles. The number of aryl methyl sites for hydroxylation is 1. The number of aromatic nitrogens is 2. The van der Waals surface area contributed by atoms with Gasteiger partial charge in [0.15, 0.2) is 0 Å². The number of ether oxygens (including phenoxy) is 2. The number of hydrogen-bond acceptors (Lipinski definition) is 5. The second-order valence-corrected chi connectivity index (χ2v) is 12.9. The lowest BCUT2D eigenvalue weighted by Crippen LogP contribution is -2.22. The first-order valence-electron chi connectivity index (χ1n) is 8.24. The minimum atomic E-state index is -1.09. The predicted molar refractivity (Wildman–Crippen MR) is 101 cm³/mol. The fourth-order valence-electron chi connectivity index (χ4n) is 2.40. The molecule has 0 aliphatic heterocycles. The van der Waals surface area contributed by atoms with E-state index in [4.69, 9.17) is 4.74 Å². The Morgan fingerprint density at radius 2 is 2.08 bits per heavy atom. The van der Waals surface area contributed by atoms with Gasteiger partial charge < -0.3 is 14.6 Å². The Kier molecular flexibility index (Phi) is 6.02. The molecule has 25 heavy (non-hydrogen) atoms. The van der Waals surface area contributed by atoms with Gasteiger partial charge in [-0.05, 0) is 42.3 Å². The Morgan fingerprint density at radius 1 is 1.36 bits per heavy atom. The van der Waals surface area contributed by atoms with Crippen LogP contribution in [0.3, 0.4) is 0 Å². The second kappa shape index (κ2) is 7.84. The molecule has 1 N–H and O–H groups in total. The summed E-state index contributed by atoms with van der Waals surface area (Å²) in [6.45, 7) is 10.1. The third-order valence-corrected chi connectivity index (χ3v) is 5.49. The van der Waals surface area contributed by atoms with Crippen molar-refractivity contribution in [1.82, 2.24) is 9.78 Å². The van der Waals surface area contributed by atoms with Crippen LogP contribution in [0, 0.1) is 6.92 Å². The van der Waals surface area contributed by atoms with Gasteiger partial charge in [0, 0.05) is 26.3 Å². The number of benzene rings is 1. The monoisotopic (exact) mass is 362 g/mol. The zero-order valence-electron chi connectivity index (χ0n) is 15.5. The highest BCUT2D eigenvalue weighted by Gasteiger charge is 2.13. The largest absolute Gasteiger partial charge is 0.502 e. The number of carbonyl (C=O) groups is 1. The van der Waals surface area contributed by atoms with Crippen LogP contribution in [0.4, 0.5) is 0 Å². The first-order chi connectivity index (χ1) is 11.7. The molecule has 0 radical (unpaired) electrons. The summed E-state index contributed by atoms with van der Waals surface area (Å²) in [5.74, 6) is -1.19. The summed E-state index contributed by atoms with van der Waals surface area (Å²) in [4.78, 5) is 11.3. The van der Waals surface area contributed by atoms with E-state index in [1.165, 1.54) is 13.2 Å². The molecule has 0 unspecified atom stereocenters. The van der Waals surface area contributed by atoms with Crippen molar-refractivity contribution in [3.8, 4) is 0 Å². The molecule has 0 amide bonds. The summed E-state index contributed by atoms with van der Waals surface area (Å²) < 4.78 is 12.0. The van der Waals surface area contributed by atoms with E-state index in [2.05, 4.69) is 29.5 Å². The molecule has 0 fully saturated rings. The standard InChI is InChI=1S/C18H26N2O4Si/c1-13-8-14(10-16(21)18(22)23-2)9-15-11-20(19-17(13)15)12-24-6-7-25(3,4)5/h8-11,21H,6-7,12H2,1-5H3. The van der Waals surface area contributed by atoms with Gasteiger partial charge in [-0.25, -0.2) is 9.48 Å². The molecule has 0 saturated carbocycles. The number of carbonyl (C=O) groups excluding carboxylic acids is 1. The molecule has 6 nitrogen and oxygen atoms in total. The van der Waals surface area contributed by atoms with E-state index in [0.717, 1.165) is 29.1 Å². The topological polar surface area (TPSA) is 73.6 Å². The van der Waals surface area contributed by atoms with Gasteiger partial charge in [-0.1, -0.05) is 19.6 Å². The van der Waals surface area contributed by atoms with Crippen molar-refractivity contribution in [3.63, 3.8) is 0 Å². The lowest BCUT2D eigenvalue weighted by Gasteiger charge is -2.15. The molecular weight excluding hydrogens is 336 g/mol. The van der Waals surface area contributed by atoms with E-state index in [9.17, 15) is 9.90 Å². The van der Waals surface area contributed by atoms with Crippen LogP contribution < -0.4 is 0 Å². The lowest BCUT2D eigenvalue weighted by atomic mass is 10.1. The Labute approximate surface area is 149 Å². The zero-order valence-corrected chi connectivity index (χ0v) is 16.5. The lowest BCUT2D eigenvalue weighted by molar-refractivity contribution is -0.138. The molecule has 0 aliphatic rings. The summed E-state index contributed by atoms with van der Waals surface area (Å²) in [5.41, 5.74) is 2.55. The minimum absolute atomic E-state index is 0.414. The van der Waals surface area contributed by atoms with Crippen LogP contribution in [-0.4, -0.2) is 42.6 Å². The molecule has 0 atom stereocenters. The molecule has 136 valence electrons. The number of methoxy groups -OCH3 is 1. The van der Waals surface area contributed by atoms with E-state index >= 15 is 0 Å². The molecule has 2 rings (SSSR count). The van der Waals surface area contributed by atoms with Gasteiger partial charge >= 0.3 is 5.97 Å². The van der Waals surface area contributed by atoms with Crippen molar-refractivity contribution >= 4 is 31.0 Å². The molecule has 0 bridgehead atoms. The number of fused-ring (bicyclic) bond motifs is 1. The van der Waals surface area contributed by atoms with Gasteiger partial charge in [-0.15, -0.1) is 0 Å². The normalized spacial score (nSPS) is 12.6. The Balaban J connectivity index is 2.14. The smallest absolute Gasteiger partial charge is 0.373 e. The minimum Gasteiger partial charge on any atom is -0.502 e. The highest BCUT2D eigenvalue weighted by molar-refractivity contribution is 6.76. The average Bonchev–Trinajstić information content (AvgIpc) is 2.93. The first kappa shape index (κ1) is 19.2. The number of esters is 1. The maximum absolute atomic E-state index is 11.3. The first-order valence-corrected chi connectivity index (χ1v) is 11.9. The maximum atomic E-state index is 11.3. The van der Waals surface area contributed by atoms with Crippen molar-refractivity contribution in [2.75, 3.05) is 13.7 Å². The van der Waals surface area contributed by atoms with Crippen LogP contribution in [0.2, 0.25) is 25.7 Å². The van der Waals surface area contributed by atoms with Crippen LogP contribution in [0.5, 0.6) is 0 Å².